The third kappa shape index (κ3) is 4.20. The summed E-state index contributed by atoms with van der Waals surface area (Å²) < 4.78 is 5.68. The van der Waals surface area contributed by atoms with E-state index in [0.717, 1.165) is 78.2 Å². The molecule has 5 heteroatoms. The Hall–Kier alpha value is -1.59. The van der Waals surface area contributed by atoms with Gasteiger partial charge in [0.25, 0.3) is 0 Å². The summed E-state index contributed by atoms with van der Waals surface area (Å²) in [6, 6.07) is 6.96. The summed E-state index contributed by atoms with van der Waals surface area (Å²) in [7, 11) is 0. The molecule has 1 spiro atoms. The lowest BCUT2D eigenvalue weighted by Gasteiger charge is -2.38. The Kier molecular flexibility index (Phi) is 5.93. The Morgan fingerprint density at radius 1 is 1.18 bits per heavy atom. The minimum atomic E-state index is 0.132. The van der Waals surface area contributed by atoms with Gasteiger partial charge in [0, 0.05) is 52.5 Å². The molecule has 0 aliphatic carbocycles. The molecule has 3 fully saturated rings. The van der Waals surface area contributed by atoms with Crippen molar-refractivity contribution in [2.45, 2.75) is 46.1 Å². The smallest absolute Gasteiger partial charge is 0.317 e. The van der Waals surface area contributed by atoms with E-state index in [9.17, 15) is 4.79 Å². The molecule has 3 aliphatic heterocycles. The number of nitrogens with zero attached hydrogens (tertiary/aromatic N) is 2. The summed E-state index contributed by atoms with van der Waals surface area (Å²) in [6.45, 7) is 11.9. The number of nitrogens with one attached hydrogen (secondary N) is 1. The molecule has 28 heavy (non-hydrogen) atoms. The van der Waals surface area contributed by atoms with E-state index in [1.807, 2.05) is 4.90 Å². The van der Waals surface area contributed by atoms with Crippen molar-refractivity contribution in [3.63, 3.8) is 0 Å². The number of ether oxygens (including phenoxy) is 1. The zero-order valence-corrected chi connectivity index (χ0v) is 17.5. The number of hydrogen-bond acceptors (Lipinski definition) is 3. The van der Waals surface area contributed by atoms with Crippen LogP contribution in [0.25, 0.3) is 0 Å². The molecule has 3 heterocycles. The number of carbonyl (C=O) groups is 1. The summed E-state index contributed by atoms with van der Waals surface area (Å²) >= 11 is 0. The zero-order chi connectivity index (χ0) is 19.6. The molecule has 0 bridgehead atoms. The molecule has 1 unspecified atom stereocenters. The summed E-state index contributed by atoms with van der Waals surface area (Å²) in [4.78, 5) is 17.1. The highest BCUT2D eigenvalue weighted by Crippen LogP contribution is 2.44. The van der Waals surface area contributed by atoms with Crippen LogP contribution in [0.5, 0.6) is 0 Å². The van der Waals surface area contributed by atoms with Crippen LogP contribution in [0.1, 0.15) is 42.4 Å². The third-order valence-corrected chi connectivity index (χ3v) is 7.24. The van der Waals surface area contributed by atoms with Crippen molar-refractivity contribution in [3.8, 4) is 0 Å². The first-order valence-corrected chi connectivity index (χ1v) is 10.9. The minimum absolute atomic E-state index is 0.132. The molecule has 1 aromatic rings. The van der Waals surface area contributed by atoms with Gasteiger partial charge in [0.2, 0.25) is 0 Å². The Morgan fingerprint density at radius 2 is 1.93 bits per heavy atom. The second-order valence-corrected chi connectivity index (χ2v) is 9.14. The largest absolute Gasteiger partial charge is 0.381 e. The summed E-state index contributed by atoms with van der Waals surface area (Å²) in [5.74, 6) is 0.509. The Balaban J connectivity index is 1.41. The van der Waals surface area contributed by atoms with Gasteiger partial charge >= 0.3 is 6.03 Å². The topological polar surface area (TPSA) is 44.8 Å². The zero-order valence-electron chi connectivity index (χ0n) is 17.5. The standard InChI is InChI=1S/C23H35N3O2/c1-18-5-6-20(13-19(18)2)15-25-16-21(23(17-25)7-11-28-12-8-23)14-24-22(27)26-9-3-4-10-26/h5-6,13,21H,3-4,7-12,14-17H2,1-2H3,(H,24,27). The lowest BCUT2D eigenvalue weighted by Crippen LogP contribution is -2.45. The average molecular weight is 386 g/mol. The molecule has 1 aromatic carbocycles. The van der Waals surface area contributed by atoms with Gasteiger partial charge in [-0.2, -0.15) is 0 Å². The number of urea groups is 1. The quantitative estimate of drug-likeness (QED) is 0.865. The van der Waals surface area contributed by atoms with Crippen molar-refractivity contribution in [1.29, 1.82) is 0 Å². The summed E-state index contributed by atoms with van der Waals surface area (Å²) in [6.07, 6.45) is 4.51. The first-order valence-electron chi connectivity index (χ1n) is 10.9. The van der Waals surface area contributed by atoms with Crippen molar-refractivity contribution in [1.82, 2.24) is 15.1 Å². The van der Waals surface area contributed by atoms with Crippen molar-refractivity contribution in [2.24, 2.45) is 11.3 Å². The van der Waals surface area contributed by atoms with Crippen LogP contribution in [0.2, 0.25) is 0 Å². The molecule has 2 amide bonds. The first kappa shape index (κ1) is 19.7. The van der Waals surface area contributed by atoms with E-state index >= 15 is 0 Å². The highest BCUT2D eigenvalue weighted by atomic mass is 16.5. The van der Waals surface area contributed by atoms with E-state index in [4.69, 9.17) is 4.74 Å². The van der Waals surface area contributed by atoms with E-state index in [-0.39, 0.29) is 11.4 Å². The molecule has 0 saturated carbocycles. The number of rotatable bonds is 4. The van der Waals surface area contributed by atoms with Crippen LogP contribution in [-0.4, -0.2) is 61.8 Å². The molecule has 4 rings (SSSR count). The maximum Gasteiger partial charge on any atom is 0.317 e. The number of hydrogen-bond donors (Lipinski definition) is 1. The molecule has 5 nitrogen and oxygen atoms in total. The monoisotopic (exact) mass is 385 g/mol. The first-order chi connectivity index (χ1) is 13.6. The number of carbonyl (C=O) groups excluding carboxylic acids is 1. The molecule has 3 saturated heterocycles. The molecular weight excluding hydrogens is 350 g/mol. The number of amides is 2. The van der Waals surface area contributed by atoms with E-state index in [0.29, 0.717) is 5.92 Å². The second kappa shape index (κ2) is 8.42. The van der Waals surface area contributed by atoms with E-state index in [2.05, 4.69) is 42.3 Å². The number of aryl methyl sites for hydroxylation is 2. The molecule has 0 radical (unpaired) electrons. The van der Waals surface area contributed by atoms with Gasteiger partial charge in [-0.3, -0.25) is 4.90 Å². The van der Waals surface area contributed by atoms with Crippen molar-refractivity contribution >= 4 is 6.03 Å². The fourth-order valence-electron chi connectivity index (χ4n) is 5.29. The van der Waals surface area contributed by atoms with Crippen molar-refractivity contribution in [2.75, 3.05) is 45.9 Å². The predicted octanol–water partition coefficient (Wildman–Crippen LogP) is 3.34. The van der Waals surface area contributed by atoms with Crippen LogP contribution < -0.4 is 5.32 Å². The molecule has 1 atom stereocenters. The van der Waals surface area contributed by atoms with Crippen LogP contribution in [0.3, 0.4) is 0 Å². The Morgan fingerprint density at radius 3 is 2.64 bits per heavy atom. The number of benzene rings is 1. The Bertz CT molecular complexity index is 693. The van der Waals surface area contributed by atoms with Gasteiger partial charge in [-0.05, 0) is 67.6 Å². The van der Waals surface area contributed by atoms with Gasteiger partial charge in [-0.25, -0.2) is 4.79 Å². The lowest BCUT2D eigenvalue weighted by atomic mass is 9.72. The molecular formula is C23H35N3O2. The third-order valence-electron chi connectivity index (χ3n) is 7.24. The van der Waals surface area contributed by atoms with Crippen LogP contribution in [0, 0.1) is 25.2 Å². The van der Waals surface area contributed by atoms with Gasteiger partial charge in [0.05, 0.1) is 0 Å². The normalized spacial score (nSPS) is 24.8. The molecule has 3 aliphatic rings. The van der Waals surface area contributed by atoms with Crippen molar-refractivity contribution < 1.29 is 9.53 Å². The highest BCUT2D eigenvalue weighted by molar-refractivity contribution is 5.74. The predicted molar refractivity (Wildman–Crippen MR) is 111 cm³/mol. The van der Waals surface area contributed by atoms with Crippen LogP contribution in [0.15, 0.2) is 18.2 Å². The second-order valence-electron chi connectivity index (χ2n) is 9.14. The molecule has 1 N–H and O–H groups in total. The Labute approximate surface area is 169 Å². The van der Waals surface area contributed by atoms with E-state index in [1.165, 1.54) is 16.7 Å². The van der Waals surface area contributed by atoms with Crippen molar-refractivity contribution in [3.05, 3.63) is 34.9 Å². The van der Waals surface area contributed by atoms with Crippen LogP contribution in [-0.2, 0) is 11.3 Å². The van der Waals surface area contributed by atoms with Gasteiger partial charge < -0.3 is 15.0 Å². The summed E-state index contributed by atoms with van der Waals surface area (Å²) in [5, 5.41) is 3.26. The fourth-order valence-corrected chi connectivity index (χ4v) is 5.29. The van der Waals surface area contributed by atoms with Gasteiger partial charge in [-0.1, -0.05) is 18.2 Å². The van der Waals surface area contributed by atoms with E-state index in [1.54, 1.807) is 0 Å². The summed E-state index contributed by atoms with van der Waals surface area (Å²) in [5.41, 5.74) is 4.41. The molecule has 154 valence electrons. The number of likely N-dealkylation sites (tertiary alicyclic amines) is 2. The van der Waals surface area contributed by atoms with Crippen LogP contribution in [0.4, 0.5) is 4.79 Å². The molecule has 0 aromatic heterocycles. The highest BCUT2D eigenvalue weighted by Gasteiger charge is 2.47. The fraction of sp³-hybridized carbons (Fsp3) is 0.696. The average Bonchev–Trinajstić information content (AvgIpc) is 3.33. The van der Waals surface area contributed by atoms with Crippen LogP contribution >= 0.6 is 0 Å². The maximum atomic E-state index is 12.5. The van der Waals surface area contributed by atoms with E-state index < -0.39 is 0 Å². The van der Waals surface area contributed by atoms with Gasteiger partial charge in [0.1, 0.15) is 0 Å². The minimum Gasteiger partial charge on any atom is -0.381 e. The SMILES string of the molecule is Cc1ccc(CN2CC(CNC(=O)N3CCCC3)C3(CCOCC3)C2)cc1C. The maximum absolute atomic E-state index is 12.5. The van der Waals surface area contributed by atoms with Gasteiger partial charge in [0.15, 0.2) is 0 Å². The van der Waals surface area contributed by atoms with Gasteiger partial charge in [-0.15, -0.1) is 0 Å². The lowest BCUT2D eigenvalue weighted by molar-refractivity contribution is -0.0000792.